The minimum atomic E-state index is -0.780. The average Bonchev–Trinajstić information content (AvgIpc) is 3.39. The fourth-order valence-corrected chi connectivity index (χ4v) is 4.24. The van der Waals surface area contributed by atoms with Crippen molar-refractivity contribution in [3.63, 3.8) is 0 Å². The van der Waals surface area contributed by atoms with Crippen molar-refractivity contribution in [3.8, 4) is 11.5 Å². The van der Waals surface area contributed by atoms with Crippen LogP contribution in [0.1, 0.15) is 35.4 Å². The van der Waals surface area contributed by atoms with Crippen molar-refractivity contribution in [2.75, 3.05) is 20.8 Å². The lowest BCUT2D eigenvalue weighted by Gasteiger charge is -2.38. The zero-order valence-electron chi connectivity index (χ0n) is 19.8. The highest BCUT2D eigenvalue weighted by atomic mass is 19.1. The molecule has 3 aromatic rings. The summed E-state index contributed by atoms with van der Waals surface area (Å²) in [5.74, 6) is 1.05. The first-order valence-electron chi connectivity index (χ1n) is 11.3. The van der Waals surface area contributed by atoms with Gasteiger partial charge < -0.3 is 29.4 Å². The van der Waals surface area contributed by atoms with Gasteiger partial charge in [0.25, 0.3) is 0 Å². The molecule has 8 nitrogen and oxygen atoms in total. The highest BCUT2D eigenvalue weighted by Gasteiger charge is 2.34. The van der Waals surface area contributed by atoms with Crippen LogP contribution in [-0.2, 0) is 17.8 Å². The molecule has 2 aromatic carbocycles. The number of methoxy groups -OCH3 is 2. The van der Waals surface area contributed by atoms with Gasteiger partial charge >= 0.3 is 6.03 Å². The molecule has 2 atom stereocenters. The molecule has 0 unspecified atom stereocenters. The van der Waals surface area contributed by atoms with Gasteiger partial charge in [-0.15, -0.1) is 0 Å². The Hall–Kier alpha value is -4.01. The van der Waals surface area contributed by atoms with E-state index in [4.69, 9.17) is 13.9 Å². The van der Waals surface area contributed by atoms with Gasteiger partial charge in [0.05, 0.1) is 33.1 Å². The molecule has 3 amide bonds. The molecular weight excluding hydrogens is 453 g/mol. The van der Waals surface area contributed by atoms with E-state index in [1.165, 1.54) is 18.4 Å². The molecule has 0 bridgehead atoms. The molecule has 1 aliphatic heterocycles. The Balaban J connectivity index is 1.58. The summed E-state index contributed by atoms with van der Waals surface area (Å²) in [6, 6.07) is 11.6. The molecule has 0 aliphatic carbocycles. The van der Waals surface area contributed by atoms with E-state index in [-0.39, 0.29) is 18.3 Å². The fraction of sp³-hybridized carbons (Fsp3) is 0.308. The van der Waals surface area contributed by atoms with E-state index in [0.29, 0.717) is 30.2 Å². The summed E-state index contributed by atoms with van der Waals surface area (Å²) in [4.78, 5) is 27.6. The second-order valence-electron chi connectivity index (χ2n) is 8.27. The van der Waals surface area contributed by atoms with Crippen molar-refractivity contribution >= 4 is 11.9 Å². The van der Waals surface area contributed by atoms with E-state index in [9.17, 15) is 14.0 Å². The minimum absolute atomic E-state index is 0.225. The molecule has 0 saturated carbocycles. The van der Waals surface area contributed by atoms with Crippen LogP contribution in [0.2, 0.25) is 0 Å². The number of amides is 3. The summed E-state index contributed by atoms with van der Waals surface area (Å²) >= 11 is 0. The third kappa shape index (κ3) is 5.24. The van der Waals surface area contributed by atoms with E-state index >= 15 is 0 Å². The average molecular weight is 482 g/mol. The number of furan rings is 1. The lowest BCUT2D eigenvalue weighted by molar-refractivity contribution is -0.122. The van der Waals surface area contributed by atoms with Crippen molar-refractivity contribution in [1.29, 1.82) is 0 Å². The highest BCUT2D eigenvalue weighted by molar-refractivity contribution is 5.87. The quantitative estimate of drug-likeness (QED) is 0.536. The van der Waals surface area contributed by atoms with Crippen LogP contribution in [0.5, 0.6) is 11.5 Å². The number of carbonyl (C=O) groups excluding carboxylic acids is 2. The number of rotatable bonds is 7. The Morgan fingerprint density at radius 1 is 1.14 bits per heavy atom. The number of hydrogen-bond acceptors (Lipinski definition) is 5. The largest absolute Gasteiger partial charge is 0.493 e. The first kappa shape index (κ1) is 24.1. The zero-order chi connectivity index (χ0) is 24.9. The maximum absolute atomic E-state index is 13.7. The minimum Gasteiger partial charge on any atom is -0.493 e. The Morgan fingerprint density at radius 3 is 2.51 bits per heavy atom. The SMILES string of the molecule is COc1cc2c(cc1OC)[C@H](c1ccc(F)cc1)N(C(=O)N[C@@H](C)C(=O)NCc1ccco1)CC2. The number of fused-ring (bicyclic) bond motifs is 1. The fourth-order valence-electron chi connectivity index (χ4n) is 4.24. The van der Waals surface area contributed by atoms with E-state index in [2.05, 4.69) is 10.6 Å². The summed E-state index contributed by atoms with van der Waals surface area (Å²) in [6.45, 7) is 2.24. The standard InChI is InChI=1S/C26H28FN3O5/c1-16(25(31)28-15-20-5-4-12-35-20)29-26(32)30-11-10-18-13-22(33-2)23(34-3)14-21(18)24(30)17-6-8-19(27)9-7-17/h4-9,12-14,16,24H,10-11,15H2,1-3H3,(H,28,31)(H,29,32)/t16-,24-/m0/s1. The van der Waals surface area contributed by atoms with Gasteiger partial charge in [-0.1, -0.05) is 12.1 Å². The van der Waals surface area contributed by atoms with Gasteiger partial charge in [0.15, 0.2) is 11.5 Å². The first-order chi connectivity index (χ1) is 16.9. The van der Waals surface area contributed by atoms with E-state index in [1.54, 1.807) is 50.3 Å². The molecule has 9 heteroatoms. The molecule has 0 saturated heterocycles. The number of urea groups is 1. The van der Waals surface area contributed by atoms with Crippen LogP contribution < -0.4 is 20.1 Å². The number of nitrogens with zero attached hydrogens (tertiary/aromatic N) is 1. The van der Waals surface area contributed by atoms with Crippen LogP contribution in [0.3, 0.4) is 0 Å². The number of ether oxygens (including phenoxy) is 2. The van der Waals surface area contributed by atoms with Crippen molar-refractivity contribution in [3.05, 3.63) is 83.1 Å². The van der Waals surface area contributed by atoms with Gasteiger partial charge in [0.2, 0.25) is 5.91 Å². The normalized spacial score (nSPS) is 15.7. The van der Waals surface area contributed by atoms with E-state index < -0.39 is 18.1 Å². The third-order valence-corrected chi connectivity index (χ3v) is 6.07. The molecule has 0 spiro atoms. The Bertz CT molecular complexity index is 1180. The van der Waals surface area contributed by atoms with Gasteiger partial charge in [0, 0.05) is 6.54 Å². The predicted octanol–water partition coefficient (Wildman–Crippen LogP) is 3.80. The Labute approximate surface area is 203 Å². The molecule has 184 valence electrons. The van der Waals surface area contributed by atoms with Crippen molar-refractivity contribution in [1.82, 2.24) is 15.5 Å². The Morgan fingerprint density at radius 2 is 1.86 bits per heavy atom. The highest BCUT2D eigenvalue weighted by Crippen LogP contribution is 2.41. The molecule has 4 rings (SSSR count). The second-order valence-corrected chi connectivity index (χ2v) is 8.27. The molecule has 2 N–H and O–H groups in total. The maximum Gasteiger partial charge on any atom is 0.318 e. The zero-order valence-corrected chi connectivity index (χ0v) is 19.8. The van der Waals surface area contributed by atoms with Gasteiger partial charge in [-0.2, -0.15) is 0 Å². The monoisotopic (exact) mass is 481 g/mol. The van der Waals surface area contributed by atoms with Crippen LogP contribution in [-0.4, -0.2) is 43.6 Å². The van der Waals surface area contributed by atoms with Crippen LogP contribution in [0.4, 0.5) is 9.18 Å². The molecular formula is C26H28FN3O5. The number of hydrogen-bond donors (Lipinski definition) is 2. The summed E-state index contributed by atoms with van der Waals surface area (Å²) in [5.41, 5.74) is 2.60. The van der Waals surface area contributed by atoms with Crippen molar-refractivity contribution < 1.29 is 27.9 Å². The molecule has 0 fully saturated rings. The number of carbonyl (C=O) groups is 2. The third-order valence-electron chi connectivity index (χ3n) is 6.07. The summed E-state index contributed by atoms with van der Waals surface area (Å²) in [5, 5.41) is 5.53. The summed E-state index contributed by atoms with van der Waals surface area (Å²) in [7, 11) is 3.12. The summed E-state index contributed by atoms with van der Waals surface area (Å²) < 4.78 is 29.8. The van der Waals surface area contributed by atoms with E-state index in [1.807, 2.05) is 12.1 Å². The van der Waals surface area contributed by atoms with Crippen LogP contribution in [0.15, 0.2) is 59.2 Å². The Kier molecular flexibility index (Phi) is 7.24. The van der Waals surface area contributed by atoms with Crippen molar-refractivity contribution in [2.24, 2.45) is 0 Å². The van der Waals surface area contributed by atoms with Crippen LogP contribution in [0.25, 0.3) is 0 Å². The summed E-state index contributed by atoms with van der Waals surface area (Å²) in [6.07, 6.45) is 2.11. The number of benzene rings is 2. The van der Waals surface area contributed by atoms with Gasteiger partial charge in [0.1, 0.15) is 17.6 Å². The molecule has 35 heavy (non-hydrogen) atoms. The molecule has 1 aliphatic rings. The lowest BCUT2D eigenvalue weighted by atomic mass is 9.88. The molecule has 1 aromatic heterocycles. The smallest absolute Gasteiger partial charge is 0.318 e. The molecule has 0 radical (unpaired) electrons. The second kappa shape index (κ2) is 10.5. The molecule has 2 heterocycles. The maximum atomic E-state index is 13.7. The van der Waals surface area contributed by atoms with Gasteiger partial charge in [-0.05, 0) is 66.4 Å². The lowest BCUT2D eigenvalue weighted by Crippen LogP contribution is -2.52. The first-order valence-corrected chi connectivity index (χ1v) is 11.3. The van der Waals surface area contributed by atoms with Crippen molar-refractivity contribution in [2.45, 2.75) is 32.0 Å². The van der Waals surface area contributed by atoms with Gasteiger partial charge in [-0.3, -0.25) is 4.79 Å². The van der Waals surface area contributed by atoms with E-state index in [0.717, 1.165) is 16.7 Å². The van der Waals surface area contributed by atoms with Crippen LogP contribution >= 0.6 is 0 Å². The number of nitrogens with one attached hydrogen (secondary N) is 2. The predicted molar refractivity (Wildman–Crippen MR) is 127 cm³/mol. The van der Waals surface area contributed by atoms with Crippen LogP contribution in [0, 0.1) is 5.82 Å². The van der Waals surface area contributed by atoms with Gasteiger partial charge in [-0.25, -0.2) is 9.18 Å². The topological polar surface area (TPSA) is 93.0 Å². The number of halogens is 1.